The number of hydrogen-bond donors (Lipinski definition) is 1. The van der Waals surface area contributed by atoms with E-state index >= 15 is 0 Å². The monoisotopic (exact) mass is 505 g/mol. The van der Waals surface area contributed by atoms with Gasteiger partial charge in [-0.25, -0.2) is 9.98 Å². The molecular weight excluding hydrogens is 473 g/mol. The summed E-state index contributed by atoms with van der Waals surface area (Å²) in [5, 5.41) is 4.16. The normalized spacial score (nSPS) is 21.0. The van der Waals surface area contributed by atoms with Crippen molar-refractivity contribution in [2.45, 2.75) is 32.1 Å². The molecule has 2 fully saturated rings. The first-order valence-electron chi connectivity index (χ1n) is 9.72. The van der Waals surface area contributed by atoms with Gasteiger partial charge in [-0.05, 0) is 25.0 Å². The summed E-state index contributed by atoms with van der Waals surface area (Å²) in [7, 11) is 0. The van der Waals surface area contributed by atoms with Crippen molar-refractivity contribution in [1.29, 1.82) is 0 Å². The van der Waals surface area contributed by atoms with E-state index in [9.17, 15) is 0 Å². The summed E-state index contributed by atoms with van der Waals surface area (Å²) in [5.41, 5.74) is 1.15. The van der Waals surface area contributed by atoms with E-state index in [1.54, 1.807) is 0 Å². The van der Waals surface area contributed by atoms with Gasteiger partial charge in [0.1, 0.15) is 5.82 Å². The Morgan fingerprint density at radius 3 is 2.78 bits per heavy atom. The van der Waals surface area contributed by atoms with Crippen molar-refractivity contribution >= 4 is 47.5 Å². The molecule has 0 saturated carbocycles. The summed E-state index contributed by atoms with van der Waals surface area (Å²) in [4.78, 5) is 14.2. The molecule has 0 aliphatic carbocycles. The first kappa shape index (κ1) is 22.5. The Kier molecular flexibility index (Phi) is 9.99. The van der Waals surface area contributed by atoms with Gasteiger partial charge in [-0.3, -0.25) is 0 Å². The third-order valence-electron chi connectivity index (χ3n) is 4.78. The molecule has 152 valence electrons. The minimum atomic E-state index is 0. The molecule has 6 nitrogen and oxygen atoms in total. The third kappa shape index (κ3) is 6.67. The molecule has 1 N–H and O–H groups in total. The number of anilines is 1. The molecule has 0 aromatic carbocycles. The van der Waals surface area contributed by atoms with Crippen LogP contribution in [-0.2, 0) is 11.3 Å². The first-order chi connectivity index (χ1) is 12.8. The maximum Gasteiger partial charge on any atom is 0.194 e. The van der Waals surface area contributed by atoms with Crippen LogP contribution in [0.2, 0.25) is 0 Å². The summed E-state index contributed by atoms with van der Waals surface area (Å²) in [5.74, 6) is 3.24. The fourth-order valence-electron chi connectivity index (χ4n) is 3.24. The van der Waals surface area contributed by atoms with E-state index in [1.807, 2.05) is 6.20 Å². The zero-order chi connectivity index (χ0) is 18.2. The van der Waals surface area contributed by atoms with Crippen molar-refractivity contribution in [3.05, 3.63) is 23.9 Å². The molecule has 0 bridgehead atoms. The van der Waals surface area contributed by atoms with Crippen LogP contribution >= 0.6 is 35.7 Å². The van der Waals surface area contributed by atoms with E-state index < -0.39 is 0 Å². The quantitative estimate of drug-likeness (QED) is 0.378. The van der Waals surface area contributed by atoms with Crippen LogP contribution in [-0.4, -0.2) is 72.8 Å². The fourth-order valence-corrected chi connectivity index (χ4v) is 4.42. The molecule has 3 heterocycles. The lowest BCUT2D eigenvalue weighted by Crippen LogP contribution is -2.48. The molecule has 2 aliphatic rings. The second-order valence-electron chi connectivity index (χ2n) is 6.64. The van der Waals surface area contributed by atoms with Crippen molar-refractivity contribution in [1.82, 2.24) is 15.2 Å². The van der Waals surface area contributed by atoms with Crippen LogP contribution in [0.25, 0.3) is 0 Å². The summed E-state index contributed by atoms with van der Waals surface area (Å²) in [6.45, 7) is 11.5. The standard InChI is InChI=1S/C19H31N5OS.HI/c1-3-17-15-24(9-12-26-17)19(20-4-2)22-14-16-5-6-18(21-13-16)23-7-10-25-11-8-23;/h5-6,13,17H,3-4,7-12,14-15H2,1-2H3,(H,20,22);1H. The first-order valence-corrected chi connectivity index (χ1v) is 10.8. The van der Waals surface area contributed by atoms with Gasteiger partial charge >= 0.3 is 0 Å². The molecule has 27 heavy (non-hydrogen) atoms. The molecule has 1 aromatic rings. The topological polar surface area (TPSA) is 53.0 Å². The Morgan fingerprint density at radius 2 is 2.11 bits per heavy atom. The number of pyridine rings is 1. The number of thioether (sulfide) groups is 1. The van der Waals surface area contributed by atoms with Crippen molar-refractivity contribution < 1.29 is 4.74 Å². The molecular formula is C19H32IN5OS. The highest BCUT2D eigenvalue weighted by molar-refractivity contribution is 14.0. The molecule has 2 aliphatic heterocycles. The van der Waals surface area contributed by atoms with Crippen molar-refractivity contribution in [3.8, 4) is 0 Å². The number of morpholine rings is 1. The van der Waals surface area contributed by atoms with Gasteiger partial charge in [0, 0.05) is 49.9 Å². The summed E-state index contributed by atoms with van der Waals surface area (Å²) in [6.07, 6.45) is 3.17. The Balaban J connectivity index is 0.00000261. The molecule has 1 aromatic heterocycles. The second kappa shape index (κ2) is 12.0. The third-order valence-corrected chi connectivity index (χ3v) is 6.16. The number of aromatic nitrogens is 1. The molecule has 1 unspecified atom stereocenters. The summed E-state index contributed by atoms with van der Waals surface area (Å²) < 4.78 is 5.41. The number of aliphatic imine (C=N–C) groups is 1. The molecule has 2 saturated heterocycles. The Bertz CT molecular complexity index is 580. The number of guanidine groups is 1. The number of rotatable bonds is 5. The van der Waals surface area contributed by atoms with Crippen molar-refractivity contribution in [2.75, 3.05) is 56.6 Å². The predicted octanol–water partition coefficient (Wildman–Crippen LogP) is 2.83. The van der Waals surface area contributed by atoms with Gasteiger partial charge in [-0.1, -0.05) is 13.0 Å². The number of halogens is 1. The van der Waals surface area contributed by atoms with E-state index in [2.05, 4.69) is 57.8 Å². The van der Waals surface area contributed by atoms with Crippen LogP contribution < -0.4 is 10.2 Å². The summed E-state index contributed by atoms with van der Waals surface area (Å²) >= 11 is 2.08. The lowest BCUT2D eigenvalue weighted by Gasteiger charge is -2.34. The predicted molar refractivity (Wildman–Crippen MR) is 126 cm³/mol. The van der Waals surface area contributed by atoms with Crippen molar-refractivity contribution in [2.24, 2.45) is 4.99 Å². The SMILES string of the molecule is CCNC(=NCc1ccc(N2CCOCC2)nc1)N1CCSC(CC)C1.I. The minimum Gasteiger partial charge on any atom is -0.378 e. The van der Waals surface area contributed by atoms with Crippen LogP contribution in [0.15, 0.2) is 23.3 Å². The molecule has 0 amide bonds. The number of ether oxygens (including phenoxy) is 1. The zero-order valence-corrected chi connectivity index (χ0v) is 19.5. The second-order valence-corrected chi connectivity index (χ2v) is 8.05. The van der Waals surface area contributed by atoms with Crippen LogP contribution in [0.5, 0.6) is 0 Å². The minimum absolute atomic E-state index is 0. The van der Waals surface area contributed by atoms with Gasteiger partial charge in [0.2, 0.25) is 0 Å². The fraction of sp³-hybridized carbons (Fsp3) is 0.684. The van der Waals surface area contributed by atoms with Gasteiger partial charge in [0.25, 0.3) is 0 Å². The van der Waals surface area contributed by atoms with Crippen LogP contribution in [0.4, 0.5) is 5.82 Å². The van der Waals surface area contributed by atoms with E-state index in [4.69, 9.17) is 9.73 Å². The van der Waals surface area contributed by atoms with E-state index in [0.717, 1.165) is 63.3 Å². The van der Waals surface area contributed by atoms with Crippen LogP contribution in [0, 0.1) is 0 Å². The lowest BCUT2D eigenvalue weighted by molar-refractivity contribution is 0.122. The maximum atomic E-state index is 5.41. The highest BCUT2D eigenvalue weighted by Gasteiger charge is 2.21. The Hall–Kier alpha value is -0.740. The highest BCUT2D eigenvalue weighted by atomic mass is 127. The van der Waals surface area contributed by atoms with Gasteiger partial charge in [0.05, 0.1) is 19.8 Å². The van der Waals surface area contributed by atoms with E-state index in [0.29, 0.717) is 11.8 Å². The van der Waals surface area contributed by atoms with Gasteiger partial charge in [-0.2, -0.15) is 11.8 Å². The van der Waals surface area contributed by atoms with Crippen LogP contribution in [0.1, 0.15) is 25.8 Å². The van der Waals surface area contributed by atoms with E-state index in [-0.39, 0.29) is 24.0 Å². The van der Waals surface area contributed by atoms with Crippen molar-refractivity contribution in [3.63, 3.8) is 0 Å². The number of hydrogen-bond acceptors (Lipinski definition) is 5. The molecule has 1 atom stereocenters. The smallest absolute Gasteiger partial charge is 0.194 e. The Morgan fingerprint density at radius 1 is 1.30 bits per heavy atom. The molecule has 0 spiro atoms. The lowest BCUT2D eigenvalue weighted by atomic mass is 10.2. The maximum absolute atomic E-state index is 5.41. The number of nitrogens with zero attached hydrogens (tertiary/aromatic N) is 4. The van der Waals surface area contributed by atoms with Gasteiger partial charge < -0.3 is 19.9 Å². The average Bonchev–Trinajstić information content (AvgIpc) is 2.72. The molecule has 8 heteroatoms. The largest absolute Gasteiger partial charge is 0.378 e. The Labute approximate surface area is 184 Å². The highest BCUT2D eigenvalue weighted by Crippen LogP contribution is 2.21. The van der Waals surface area contributed by atoms with Crippen LogP contribution in [0.3, 0.4) is 0 Å². The van der Waals surface area contributed by atoms with Gasteiger partial charge in [0.15, 0.2) is 5.96 Å². The number of nitrogens with one attached hydrogen (secondary N) is 1. The molecule has 0 radical (unpaired) electrons. The van der Waals surface area contributed by atoms with E-state index in [1.165, 1.54) is 12.2 Å². The zero-order valence-electron chi connectivity index (χ0n) is 16.4. The summed E-state index contributed by atoms with van der Waals surface area (Å²) in [6, 6.07) is 4.25. The average molecular weight is 505 g/mol. The van der Waals surface area contributed by atoms with Gasteiger partial charge in [-0.15, -0.1) is 24.0 Å². The molecule has 3 rings (SSSR count).